The van der Waals surface area contributed by atoms with Crippen molar-refractivity contribution >= 4 is 11.6 Å². The predicted molar refractivity (Wildman–Crippen MR) is 150 cm³/mol. The molecule has 1 amide bonds. The SMILES string of the molecule is COc1ccc([C@@H]2[C@H](CCC[C@@H](O)c3ccc(F)cc3)CC(=O)N2c2ccc(-c3ccccc3)cc2)c(O)c1. The summed E-state index contributed by atoms with van der Waals surface area (Å²) >= 11 is 0. The van der Waals surface area contributed by atoms with Crippen LogP contribution in [0.5, 0.6) is 11.5 Å². The average Bonchev–Trinajstić information content (AvgIpc) is 3.29. The Balaban J connectivity index is 1.39. The number of aliphatic hydroxyl groups is 1. The van der Waals surface area contributed by atoms with Gasteiger partial charge in [0.15, 0.2) is 0 Å². The highest BCUT2D eigenvalue weighted by molar-refractivity contribution is 5.97. The van der Waals surface area contributed by atoms with Gasteiger partial charge in [-0.1, -0.05) is 61.0 Å². The lowest BCUT2D eigenvalue weighted by molar-refractivity contribution is -0.117. The molecule has 2 N–H and O–H groups in total. The van der Waals surface area contributed by atoms with E-state index >= 15 is 0 Å². The molecule has 0 radical (unpaired) electrons. The van der Waals surface area contributed by atoms with Crippen LogP contribution >= 0.6 is 0 Å². The highest BCUT2D eigenvalue weighted by atomic mass is 19.1. The number of carbonyl (C=O) groups is 1. The Labute approximate surface area is 228 Å². The number of benzene rings is 4. The van der Waals surface area contributed by atoms with Crippen LogP contribution in [0.15, 0.2) is 97.1 Å². The van der Waals surface area contributed by atoms with E-state index in [1.807, 2.05) is 60.7 Å². The number of hydrogen-bond donors (Lipinski definition) is 2. The molecule has 0 aliphatic carbocycles. The van der Waals surface area contributed by atoms with E-state index in [9.17, 15) is 19.4 Å². The number of aromatic hydroxyl groups is 1. The van der Waals surface area contributed by atoms with E-state index in [1.54, 1.807) is 36.3 Å². The monoisotopic (exact) mass is 525 g/mol. The van der Waals surface area contributed by atoms with Crippen LogP contribution in [-0.4, -0.2) is 23.2 Å². The van der Waals surface area contributed by atoms with Crippen LogP contribution < -0.4 is 9.64 Å². The number of nitrogens with zero attached hydrogens (tertiary/aromatic N) is 1. The third kappa shape index (κ3) is 5.81. The van der Waals surface area contributed by atoms with E-state index in [0.717, 1.165) is 16.8 Å². The second-order valence-corrected chi connectivity index (χ2v) is 10.0. The molecule has 1 heterocycles. The Hall–Kier alpha value is -4.16. The number of phenolic OH excluding ortho intramolecular Hbond substituents is 1. The first kappa shape index (κ1) is 26.4. The molecule has 0 bridgehead atoms. The normalized spacial score (nSPS) is 17.8. The summed E-state index contributed by atoms with van der Waals surface area (Å²) in [4.78, 5) is 15.2. The molecule has 39 heavy (non-hydrogen) atoms. The zero-order valence-corrected chi connectivity index (χ0v) is 21.8. The number of phenols is 1. The molecule has 1 aliphatic rings. The third-order valence-corrected chi connectivity index (χ3v) is 7.55. The zero-order valence-electron chi connectivity index (χ0n) is 21.8. The summed E-state index contributed by atoms with van der Waals surface area (Å²) in [5.41, 5.74) is 4.26. The number of hydrogen-bond acceptors (Lipinski definition) is 4. The van der Waals surface area contributed by atoms with Crippen molar-refractivity contribution in [3.8, 4) is 22.6 Å². The Morgan fingerprint density at radius 2 is 1.64 bits per heavy atom. The van der Waals surface area contributed by atoms with Gasteiger partial charge in [0.1, 0.15) is 17.3 Å². The van der Waals surface area contributed by atoms with Gasteiger partial charge in [-0.3, -0.25) is 4.79 Å². The van der Waals surface area contributed by atoms with Gasteiger partial charge in [-0.05, 0) is 71.8 Å². The van der Waals surface area contributed by atoms with Gasteiger partial charge in [0, 0.05) is 23.7 Å². The first-order chi connectivity index (χ1) is 18.9. The van der Waals surface area contributed by atoms with Gasteiger partial charge in [0.2, 0.25) is 5.91 Å². The fourth-order valence-corrected chi connectivity index (χ4v) is 5.53. The summed E-state index contributed by atoms with van der Waals surface area (Å²) in [6, 6.07) is 28.7. The highest BCUT2D eigenvalue weighted by Crippen LogP contribution is 2.47. The van der Waals surface area contributed by atoms with E-state index in [0.29, 0.717) is 42.6 Å². The first-order valence-electron chi connectivity index (χ1n) is 13.2. The van der Waals surface area contributed by atoms with Crippen molar-refractivity contribution in [2.24, 2.45) is 5.92 Å². The standard InChI is InChI=1S/C33H32FNO4/c1-39-28-18-19-29(31(37)21-28)33-25(8-5-9-30(36)24-10-14-26(34)15-11-24)20-32(38)35(33)27-16-12-23(13-17-27)22-6-3-2-4-7-22/h2-4,6-7,10-19,21,25,30,33,36-37H,5,8-9,20H2,1H3/t25-,30-,33+/m1/s1. The molecule has 3 atom stereocenters. The molecule has 5 rings (SSSR count). The lowest BCUT2D eigenvalue weighted by Crippen LogP contribution is -2.28. The van der Waals surface area contributed by atoms with Crippen LogP contribution in [0.4, 0.5) is 10.1 Å². The maximum atomic E-state index is 13.4. The Morgan fingerprint density at radius 1 is 0.949 bits per heavy atom. The minimum atomic E-state index is -0.711. The van der Waals surface area contributed by atoms with Crippen LogP contribution in [0.1, 0.15) is 49.0 Å². The summed E-state index contributed by atoms with van der Waals surface area (Å²) in [6.07, 6.45) is 1.47. The van der Waals surface area contributed by atoms with Crippen molar-refractivity contribution < 1.29 is 24.1 Å². The van der Waals surface area contributed by atoms with E-state index in [-0.39, 0.29) is 29.4 Å². The summed E-state index contributed by atoms with van der Waals surface area (Å²) in [7, 11) is 1.55. The van der Waals surface area contributed by atoms with E-state index < -0.39 is 6.10 Å². The molecule has 0 spiro atoms. The molecule has 0 aromatic heterocycles. The van der Waals surface area contributed by atoms with Gasteiger partial charge in [0.05, 0.1) is 19.3 Å². The van der Waals surface area contributed by atoms with Crippen molar-refractivity contribution in [1.29, 1.82) is 0 Å². The molecule has 1 aliphatic heterocycles. The topological polar surface area (TPSA) is 70.0 Å². The lowest BCUT2D eigenvalue weighted by Gasteiger charge is -2.30. The number of methoxy groups -OCH3 is 1. The third-order valence-electron chi connectivity index (χ3n) is 7.55. The molecule has 4 aromatic carbocycles. The van der Waals surface area contributed by atoms with Gasteiger partial charge in [-0.25, -0.2) is 4.39 Å². The molecule has 1 fully saturated rings. The van der Waals surface area contributed by atoms with E-state index in [2.05, 4.69) is 0 Å². The second-order valence-electron chi connectivity index (χ2n) is 10.0. The van der Waals surface area contributed by atoms with Crippen LogP contribution in [0, 0.1) is 11.7 Å². The van der Waals surface area contributed by atoms with Crippen molar-refractivity contribution in [2.45, 2.75) is 37.8 Å². The quantitative estimate of drug-likeness (QED) is 0.242. The minimum Gasteiger partial charge on any atom is -0.507 e. The Bertz CT molecular complexity index is 1410. The summed E-state index contributed by atoms with van der Waals surface area (Å²) in [5.74, 6) is 0.210. The van der Waals surface area contributed by atoms with Gasteiger partial charge >= 0.3 is 0 Å². The fourth-order valence-electron chi connectivity index (χ4n) is 5.53. The smallest absolute Gasteiger partial charge is 0.227 e. The number of rotatable bonds is 9. The van der Waals surface area contributed by atoms with Gasteiger partial charge in [-0.2, -0.15) is 0 Å². The van der Waals surface area contributed by atoms with Crippen molar-refractivity contribution in [3.05, 3.63) is 114 Å². The molecule has 1 saturated heterocycles. The molecular weight excluding hydrogens is 493 g/mol. The number of anilines is 1. The molecule has 0 unspecified atom stereocenters. The molecule has 6 heteroatoms. The maximum absolute atomic E-state index is 13.4. The number of aliphatic hydroxyl groups excluding tert-OH is 1. The van der Waals surface area contributed by atoms with Crippen molar-refractivity contribution in [3.63, 3.8) is 0 Å². The largest absolute Gasteiger partial charge is 0.507 e. The predicted octanol–water partition coefficient (Wildman–Crippen LogP) is 7.21. The van der Waals surface area contributed by atoms with Crippen molar-refractivity contribution in [1.82, 2.24) is 0 Å². The Kier molecular flexibility index (Phi) is 7.94. The zero-order chi connectivity index (χ0) is 27.4. The summed E-state index contributed by atoms with van der Waals surface area (Å²) < 4.78 is 18.5. The second kappa shape index (κ2) is 11.7. The number of carbonyl (C=O) groups excluding carboxylic acids is 1. The minimum absolute atomic E-state index is 0.00763. The van der Waals surface area contributed by atoms with Crippen LogP contribution in [-0.2, 0) is 4.79 Å². The number of amides is 1. The number of halogens is 1. The summed E-state index contributed by atoms with van der Waals surface area (Å²) in [5, 5.41) is 21.6. The maximum Gasteiger partial charge on any atom is 0.227 e. The fraction of sp³-hybridized carbons (Fsp3) is 0.242. The first-order valence-corrected chi connectivity index (χ1v) is 13.2. The van der Waals surface area contributed by atoms with E-state index in [1.165, 1.54) is 12.1 Å². The molecule has 200 valence electrons. The van der Waals surface area contributed by atoms with Gasteiger partial charge in [0.25, 0.3) is 0 Å². The molecular formula is C33H32FNO4. The van der Waals surface area contributed by atoms with Crippen LogP contribution in [0.3, 0.4) is 0 Å². The molecule has 0 saturated carbocycles. The average molecular weight is 526 g/mol. The molecule has 4 aromatic rings. The Morgan fingerprint density at radius 3 is 2.31 bits per heavy atom. The van der Waals surface area contributed by atoms with Crippen molar-refractivity contribution in [2.75, 3.05) is 12.0 Å². The lowest BCUT2D eigenvalue weighted by atomic mass is 9.87. The van der Waals surface area contributed by atoms with Crippen LogP contribution in [0.2, 0.25) is 0 Å². The van der Waals surface area contributed by atoms with Gasteiger partial charge < -0.3 is 19.8 Å². The van der Waals surface area contributed by atoms with Crippen LogP contribution in [0.25, 0.3) is 11.1 Å². The van der Waals surface area contributed by atoms with E-state index in [4.69, 9.17) is 4.74 Å². The highest BCUT2D eigenvalue weighted by Gasteiger charge is 2.42. The van der Waals surface area contributed by atoms with Gasteiger partial charge in [-0.15, -0.1) is 0 Å². The summed E-state index contributed by atoms with van der Waals surface area (Å²) in [6.45, 7) is 0. The molecule has 5 nitrogen and oxygen atoms in total. The number of ether oxygens (including phenoxy) is 1.